The molecule has 8 heteroatoms. The van der Waals surface area contributed by atoms with Crippen molar-refractivity contribution in [2.75, 3.05) is 25.2 Å². The number of methoxy groups -OCH3 is 1. The number of carbonyl (C=O) groups is 1. The monoisotopic (exact) mass is 561 g/mol. The van der Waals surface area contributed by atoms with E-state index in [9.17, 15) is 9.59 Å². The molecule has 1 aliphatic heterocycles. The molecule has 1 amide bonds. The minimum absolute atomic E-state index is 0.0103. The smallest absolute Gasteiger partial charge is 0.295 e. The van der Waals surface area contributed by atoms with Crippen molar-refractivity contribution in [1.29, 1.82) is 0 Å². The summed E-state index contributed by atoms with van der Waals surface area (Å²) in [6.45, 7) is 6.96. The van der Waals surface area contributed by atoms with Crippen LogP contribution in [0.2, 0.25) is 5.02 Å². The molecule has 0 saturated heterocycles. The molecule has 0 spiro atoms. The van der Waals surface area contributed by atoms with Crippen LogP contribution in [-0.4, -0.2) is 26.2 Å². The van der Waals surface area contributed by atoms with Crippen molar-refractivity contribution in [2.45, 2.75) is 46.1 Å². The molecule has 0 fully saturated rings. The SMILES string of the molecule is CCCCCOc1ccc(C2c3c(oc4ccc(C)cc4c3=O)C(=O)N2c2ccc(OC)c(Cl)c2)cc1OCC. The quantitative estimate of drug-likeness (QED) is 0.187. The Hall–Kier alpha value is -3.97. The molecular formula is C32H32ClNO6. The number of benzene rings is 3. The number of unbranched alkanes of at least 4 members (excludes halogenated alkanes) is 2. The van der Waals surface area contributed by atoms with Gasteiger partial charge >= 0.3 is 0 Å². The van der Waals surface area contributed by atoms with Crippen LogP contribution in [0.3, 0.4) is 0 Å². The predicted octanol–water partition coefficient (Wildman–Crippen LogP) is 7.48. The van der Waals surface area contributed by atoms with Crippen LogP contribution >= 0.6 is 11.6 Å². The molecule has 2 heterocycles. The first-order valence-electron chi connectivity index (χ1n) is 13.5. The maximum atomic E-state index is 14.0. The summed E-state index contributed by atoms with van der Waals surface area (Å²) in [6, 6.07) is 15.2. The van der Waals surface area contributed by atoms with Crippen LogP contribution in [0.5, 0.6) is 17.2 Å². The maximum absolute atomic E-state index is 14.0. The van der Waals surface area contributed by atoms with E-state index in [1.807, 2.05) is 38.1 Å². The van der Waals surface area contributed by atoms with Crippen LogP contribution < -0.4 is 24.5 Å². The zero-order valence-electron chi connectivity index (χ0n) is 23.1. The average Bonchev–Trinajstić information content (AvgIpc) is 3.24. The van der Waals surface area contributed by atoms with Gasteiger partial charge in [-0.2, -0.15) is 0 Å². The number of rotatable bonds is 10. The molecule has 1 aliphatic rings. The molecule has 0 radical (unpaired) electrons. The zero-order chi connectivity index (χ0) is 28.4. The molecule has 1 atom stereocenters. The highest BCUT2D eigenvalue weighted by atomic mass is 35.5. The summed E-state index contributed by atoms with van der Waals surface area (Å²) in [6.07, 6.45) is 3.11. The summed E-state index contributed by atoms with van der Waals surface area (Å²) in [5, 5.41) is 0.764. The number of hydrogen-bond acceptors (Lipinski definition) is 6. The molecule has 1 unspecified atom stereocenters. The molecule has 5 rings (SSSR count). The third-order valence-corrected chi connectivity index (χ3v) is 7.32. The van der Waals surface area contributed by atoms with Gasteiger partial charge in [0.05, 0.1) is 42.3 Å². The van der Waals surface area contributed by atoms with Gasteiger partial charge in [0.2, 0.25) is 5.76 Å². The minimum Gasteiger partial charge on any atom is -0.495 e. The fourth-order valence-corrected chi connectivity index (χ4v) is 5.34. The average molecular weight is 562 g/mol. The highest BCUT2D eigenvalue weighted by Crippen LogP contribution is 2.44. The van der Waals surface area contributed by atoms with E-state index < -0.39 is 11.9 Å². The lowest BCUT2D eigenvalue weighted by Gasteiger charge is -2.26. The van der Waals surface area contributed by atoms with Gasteiger partial charge in [-0.1, -0.05) is 49.1 Å². The van der Waals surface area contributed by atoms with E-state index in [0.717, 1.165) is 24.8 Å². The second-order valence-corrected chi connectivity index (χ2v) is 10.2. The summed E-state index contributed by atoms with van der Waals surface area (Å²) in [5.41, 5.74) is 2.49. The molecular weight excluding hydrogens is 530 g/mol. The topological polar surface area (TPSA) is 78.2 Å². The fraction of sp³-hybridized carbons (Fsp3) is 0.312. The molecule has 40 heavy (non-hydrogen) atoms. The lowest BCUT2D eigenvalue weighted by molar-refractivity contribution is 0.0971. The van der Waals surface area contributed by atoms with E-state index in [0.29, 0.717) is 57.7 Å². The van der Waals surface area contributed by atoms with Gasteiger partial charge in [0.1, 0.15) is 11.3 Å². The van der Waals surface area contributed by atoms with Gasteiger partial charge in [0, 0.05) is 5.69 Å². The summed E-state index contributed by atoms with van der Waals surface area (Å²) in [4.78, 5) is 29.5. The van der Waals surface area contributed by atoms with Crippen LogP contribution in [-0.2, 0) is 0 Å². The van der Waals surface area contributed by atoms with E-state index >= 15 is 0 Å². The van der Waals surface area contributed by atoms with Crippen LogP contribution in [0.1, 0.15) is 66.4 Å². The molecule has 3 aromatic carbocycles. The first-order chi connectivity index (χ1) is 19.4. The number of halogens is 1. The minimum atomic E-state index is -0.776. The highest BCUT2D eigenvalue weighted by Gasteiger charge is 2.44. The fourth-order valence-electron chi connectivity index (χ4n) is 5.09. The Morgan fingerprint density at radius 1 is 0.925 bits per heavy atom. The first-order valence-corrected chi connectivity index (χ1v) is 13.9. The lowest BCUT2D eigenvalue weighted by atomic mass is 9.97. The van der Waals surface area contributed by atoms with Crippen LogP contribution in [0.15, 0.2) is 63.8 Å². The summed E-state index contributed by atoms with van der Waals surface area (Å²) >= 11 is 6.47. The Balaban J connectivity index is 1.69. The number of anilines is 1. The van der Waals surface area contributed by atoms with Gasteiger partial charge in [-0.25, -0.2) is 0 Å². The van der Waals surface area contributed by atoms with Gasteiger partial charge < -0.3 is 18.6 Å². The van der Waals surface area contributed by atoms with Gasteiger partial charge in [-0.05, 0) is 68.3 Å². The van der Waals surface area contributed by atoms with Crippen molar-refractivity contribution < 1.29 is 23.4 Å². The number of fused-ring (bicyclic) bond motifs is 2. The summed E-state index contributed by atoms with van der Waals surface area (Å²) in [5.74, 6) is 1.22. The van der Waals surface area contributed by atoms with E-state index in [4.69, 9.17) is 30.2 Å². The Kier molecular flexibility index (Phi) is 8.03. The molecule has 1 aromatic heterocycles. The number of ether oxygens (including phenoxy) is 3. The van der Waals surface area contributed by atoms with Crippen molar-refractivity contribution in [3.8, 4) is 17.2 Å². The number of aryl methyl sites for hydroxylation is 1. The summed E-state index contributed by atoms with van der Waals surface area (Å²) in [7, 11) is 1.53. The Bertz CT molecular complexity index is 1630. The molecule has 0 bridgehead atoms. The van der Waals surface area contributed by atoms with Crippen molar-refractivity contribution >= 4 is 34.2 Å². The van der Waals surface area contributed by atoms with Gasteiger partial charge in [-0.15, -0.1) is 0 Å². The normalized spacial score (nSPS) is 14.5. The van der Waals surface area contributed by atoms with E-state index in [2.05, 4.69) is 6.92 Å². The maximum Gasteiger partial charge on any atom is 0.295 e. The Morgan fingerprint density at radius 2 is 1.73 bits per heavy atom. The second kappa shape index (κ2) is 11.6. The van der Waals surface area contributed by atoms with Crippen LogP contribution in [0.4, 0.5) is 5.69 Å². The summed E-state index contributed by atoms with van der Waals surface area (Å²) < 4.78 is 23.4. The van der Waals surface area contributed by atoms with Crippen molar-refractivity contribution in [2.24, 2.45) is 0 Å². The van der Waals surface area contributed by atoms with Crippen molar-refractivity contribution in [3.05, 3.63) is 92.3 Å². The molecule has 208 valence electrons. The number of nitrogens with zero attached hydrogens (tertiary/aromatic N) is 1. The molecule has 4 aromatic rings. The molecule has 0 N–H and O–H groups in total. The van der Waals surface area contributed by atoms with Crippen LogP contribution in [0, 0.1) is 6.92 Å². The molecule has 0 aliphatic carbocycles. The van der Waals surface area contributed by atoms with E-state index in [1.165, 1.54) is 7.11 Å². The first kappa shape index (κ1) is 27.6. The molecule has 7 nitrogen and oxygen atoms in total. The second-order valence-electron chi connectivity index (χ2n) is 9.76. The Morgan fingerprint density at radius 3 is 2.45 bits per heavy atom. The van der Waals surface area contributed by atoms with Crippen molar-refractivity contribution in [1.82, 2.24) is 0 Å². The zero-order valence-corrected chi connectivity index (χ0v) is 23.8. The largest absolute Gasteiger partial charge is 0.495 e. The lowest BCUT2D eigenvalue weighted by Crippen LogP contribution is -2.29. The van der Waals surface area contributed by atoms with Gasteiger partial charge in [-0.3, -0.25) is 14.5 Å². The predicted molar refractivity (Wildman–Crippen MR) is 157 cm³/mol. The molecule has 0 saturated carbocycles. The van der Waals surface area contributed by atoms with E-state index in [-0.39, 0.29) is 16.8 Å². The number of hydrogen-bond donors (Lipinski definition) is 0. The number of amides is 1. The van der Waals surface area contributed by atoms with Gasteiger partial charge in [0.25, 0.3) is 5.91 Å². The third kappa shape index (κ3) is 5.02. The third-order valence-electron chi connectivity index (χ3n) is 7.03. The standard InChI is InChI=1S/C32H32ClNO6/c1-5-7-8-15-39-26-13-10-20(17-27(26)38-6-2)29-28-30(35)22-16-19(3)9-12-24(22)40-31(28)32(36)34(29)21-11-14-25(37-4)23(33)18-21/h9-14,16-18,29H,5-8,15H2,1-4H3. The van der Waals surface area contributed by atoms with Crippen molar-refractivity contribution in [3.63, 3.8) is 0 Å². The van der Waals surface area contributed by atoms with Crippen LogP contribution in [0.25, 0.3) is 11.0 Å². The van der Waals surface area contributed by atoms with E-state index in [1.54, 1.807) is 35.2 Å². The number of carbonyl (C=O) groups excluding carboxylic acids is 1. The van der Waals surface area contributed by atoms with Gasteiger partial charge in [0.15, 0.2) is 16.9 Å². The highest BCUT2D eigenvalue weighted by molar-refractivity contribution is 6.32. The Labute approximate surface area is 238 Å².